The Morgan fingerprint density at radius 1 is 1.04 bits per heavy atom. The molecule has 2 aromatic carbocycles. The van der Waals surface area contributed by atoms with Crippen LogP contribution in [0.1, 0.15) is 21.6 Å². The van der Waals surface area contributed by atoms with E-state index in [2.05, 4.69) is 15.1 Å². The van der Waals surface area contributed by atoms with Crippen LogP contribution in [-0.4, -0.2) is 52.1 Å². The summed E-state index contributed by atoms with van der Waals surface area (Å²) in [7, 11) is 0. The predicted molar refractivity (Wildman–Crippen MR) is 98.7 cm³/mol. The first-order valence-corrected chi connectivity index (χ1v) is 9.03. The van der Waals surface area contributed by atoms with Gasteiger partial charge in [0.05, 0.1) is 11.1 Å². The fraction of sp³-hybridized carbons (Fsp3) is 0.300. The first-order valence-electron chi connectivity index (χ1n) is 9.03. The van der Waals surface area contributed by atoms with Crippen molar-refractivity contribution >= 4 is 16.8 Å². The molecule has 0 aliphatic carbocycles. The van der Waals surface area contributed by atoms with Crippen molar-refractivity contribution in [2.45, 2.75) is 12.7 Å². The summed E-state index contributed by atoms with van der Waals surface area (Å²) in [6, 6.07) is 12.9. The number of nitrogens with one attached hydrogen (secondary N) is 1. The maximum Gasteiger partial charge on any atom is 0.416 e. The number of aromatic nitrogens is 2. The maximum absolute atomic E-state index is 12.9. The number of rotatable bonds is 3. The van der Waals surface area contributed by atoms with Gasteiger partial charge in [-0.3, -0.25) is 14.8 Å². The monoisotopic (exact) mass is 388 g/mol. The highest BCUT2D eigenvalue weighted by molar-refractivity contribution is 6.04. The summed E-state index contributed by atoms with van der Waals surface area (Å²) in [5.74, 6) is -0.129. The van der Waals surface area contributed by atoms with Gasteiger partial charge in [-0.25, -0.2) is 0 Å². The molecule has 0 spiro atoms. The minimum atomic E-state index is -4.34. The van der Waals surface area contributed by atoms with E-state index in [-0.39, 0.29) is 5.91 Å². The highest BCUT2D eigenvalue weighted by Crippen LogP contribution is 2.29. The Morgan fingerprint density at radius 3 is 2.54 bits per heavy atom. The van der Waals surface area contributed by atoms with E-state index in [1.54, 1.807) is 11.0 Å². The molecule has 4 rings (SSSR count). The number of carbonyl (C=O) groups excluding carboxylic acids is 1. The van der Waals surface area contributed by atoms with Gasteiger partial charge in [-0.15, -0.1) is 0 Å². The number of piperazine rings is 1. The van der Waals surface area contributed by atoms with E-state index in [0.717, 1.165) is 17.0 Å². The lowest BCUT2D eigenvalue weighted by molar-refractivity contribution is -0.137. The van der Waals surface area contributed by atoms with Gasteiger partial charge in [0.15, 0.2) is 5.69 Å². The summed E-state index contributed by atoms with van der Waals surface area (Å²) < 4.78 is 38.6. The van der Waals surface area contributed by atoms with Gasteiger partial charge in [0, 0.05) is 38.1 Å². The molecule has 3 aromatic rings. The van der Waals surface area contributed by atoms with Crippen LogP contribution >= 0.6 is 0 Å². The fourth-order valence-electron chi connectivity index (χ4n) is 3.49. The normalized spacial score (nSPS) is 15.9. The number of H-pyrrole nitrogens is 1. The molecule has 0 saturated carbocycles. The third-order valence-corrected chi connectivity index (χ3v) is 4.99. The molecule has 1 amide bonds. The quantitative estimate of drug-likeness (QED) is 0.747. The zero-order valence-electron chi connectivity index (χ0n) is 15.0. The van der Waals surface area contributed by atoms with Gasteiger partial charge >= 0.3 is 6.18 Å². The standard InChI is InChI=1S/C20H19F3N4O/c21-20(22,23)15-5-3-4-14(12-15)13-26-8-10-27(11-9-26)19(28)18-16-6-1-2-7-17(16)24-25-18/h1-7,12H,8-11,13H2,(H,24,25). The van der Waals surface area contributed by atoms with Gasteiger partial charge in [-0.1, -0.05) is 36.4 Å². The van der Waals surface area contributed by atoms with Gasteiger partial charge in [-0.2, -0.15) is 18.3 Å². The third kappa shape index (κ3) is 3.73. The number of aromatic amines is 1. The topological polar surface area (TPSA) is 52.2 Å². The molecule has 0 unspecified atom stereocenters. The molecule has 1 N–H and O–H groups in total. The van der Waals surface area contributed by atoms with E-state index in [1.807, 2.05) is 24.3 Å². The number of halogens is 3. The lowest BCUT2D eigenvalue weighted by Gasteiger charge is -2.34. The minimum absolute atomic E-state index is 0.129. The molecule has 8 heteroatoms. The molecule has 5 nitrogen and oxygen atoms in total. The van der Waals surface area contributed by atoms with Crippen LogP contribution in [0.3, 0.4) is 0 Å². The lowest BCUT2D eigenvalue weighted by atomic mass is 10.1. The fourth-order valence-corrected chi connectivity index (χ4v) is 3.49. The average molecular weight is 388 g/mol. The van der Waals surface area contributed by atoms with Gasteiger partial charge < -0.3 is 4.90 Å². The molecule has 2 heterocycles. The predicted octanol–water partition coefficient (Wildman–Crippen LogP) is 3.54. The summed E-state index contributed by atoms with van der Waals surface area (Å²) in [4.78, 5) is 16.6. The Balaban J connectivity index is 1.39. The zero-order valence-corrected chi connectivity index (χ0v) is 15.0. The molecule has 1 aliphatic rings. The molecule has 146 valence electrons. The van der Waals surface area contributed by atoms with E-state index in [4.69, 9.17) is 0 Å². The minimum Gasteiger partial charge on any atom is -0.335 e. The summed E-state index contributed by atoms with van der Waals surface area (Å²) in [6.07, 6.45) is -4.34. The van der Waals surface area contributed by atoms with Crippen LogP contribution in [0.15, 0.2) is 48.5 Å². The van der Waals surface area contributed by atoms with Crippen molar-refractivity contribution in [3.63, 3.8) is 0 Å². The van der Waals surface area contributed by atoms with E-state index < -0.39 is 11.7 Å². The van der Waals surface area contributed by atoms with Crippen LogP contribution in [0.4, 0.5) is 13.2 Å². The first-order chi connectivity index (χ1) is 13.4. The number of para-hydroxylation sites is 1. The van der Waals surface area contributed by atoms with Crippen LogP contribution in [0.25, 0.3) is 10.9 Å². The lowest BCUT2D eigenvalue weighted by Crippen LogP contribution is -2.48. The Hall–Kier alpha value is -2.87. The second-order valence-electron chi connectivity index (χ2n) is 6.88. The van der Waals surface area contributed by atoms with Crippen LogP contribution < -0.4 is 0 Å². The number of carbonyl (C=O) groups is 1. The average Bonchev–Trinajstić information content (AvgIpc) is 3.12. The van der Waals surface area contributed by atoms with Crippen molar-refractivity contribution in [1.29, 1.82) is 0 Å². The van der Waals surface area contributed by atoms with Crippen LogP contribution in [-0.2, 0) is 12.7 Å². The molecular formula is C20H19F3N4O. The molecule has 0 bridgehead atoms. The second kappa shape index (κ2) is 7.27. The summed E-state index contributed by atoms with van der Waals surface area (Å²) in [6.45, 7) is 2.66. The van der Waals surface area contributed by atoms with Crippen LogP contribution in [0.2, 0.25) is 0 Å². The Morgan fingerprint density at radius 2 is 1.79 bits per heavy atom. The van der Waals surface area contributed by atoms with Gasteiger partial charge in [0.1, 0.15) is 0 Å². The second-order valence-corrected chi connectivity index (χ2v) is 6.88. The van der Waals surface area contributed by atoms with Crippen molar-refractivity contribution in [1.82, 2.24) is 20.0 Å². The van der Waals surface area contributed by atoms with Gasteiger partial charge in [-0.05, 0) is 17.7 Å². The molecule has 0 radical (unpaired) electrons. The number of hydrogen-bond donors (Lipinski definition) is 1. The molecule has 28 heavy (non-hydrogen) atoms. The van der Waals surface area contributed by atoms with E-state index in [0.29, 0.717) is 44.0 Å². The first kappa shape index (κ1) is 18.5. The summed E-state index contributed by atoms with van der Waals surface area (Å²) >= 11 is 0. The third-order valence-electron chi connectivity index (χ3n) is 4.99. The van der Waals surface area contributed by atoms with Crippen molar-refractivity contribution in [3.05, 3.63) is 65.4 Å². The van der Waals surface area contributed by atoms with Gasteiger partial charge in [0.2, 0.25) is 0 Å². The number of alkyl halides is 3. The van der Waals surface area contributed by atoms with Crippen LogP contribution in [0.5, 0.6) is 0 Å². The number of hydrogen-bond acceptors (Lipinski definition) is 3. The SMILES string of the molecule is O=C(c1n[nH]c2ccccc12)N1CCN(Cc2cccc(C(F)(F)F)c2)CC1. The Bertz CT molecular complexity index is 990. The maximum atomic E-state index is 12.9. The van der Waals surface area contributed by atoms with Crippen molar-refractivity contribution in [2.75, 3.05) is 26.2 Å². The molecule has 1 fully saturated rings. The summed E-state index contributed by atoms with van der Waals surface area (Å²) in [5, 5.41) is 7.81. The largest absolute Gasteiger partial charge is 0.416 e. The number of benzene rings is 2. The highest BCUT2D eigenvalue weighted by atomic mass is 19.4. The molecular weight excluding hydrogens is 369 g/mol. The molecule has 1 aromatic heterocycles. The number of nitrogens with zero attached hydrogens (tertiary/aromatic N) is 3. The highest BCUT2D eigenvalue weighted by Gasteiger charge is 2.31. The van der Waals surface area contributed by atoms with E-state index in [9.17, 15) is 18.0 Å². The van der Waals surface area contributed by atoms with Crippen LogP contribution in [0, 0.1) is 0 Å². The Labute approximate surface area is 159 Å². The van der Waals surface area contributed by atoms with E-state index in [1.165, 1.54) is 12.1 Å². The molecule has 0 atom stereocenters. The van der Waals surface area contributed by atoms with E-state index >= 15 is 0 Å². The Kier molecular flexibility index (Phi) is 4.80. The van der Waals surface area contributed by atoms with Crippen molar-refractivity contribution < 1.29 is 18.0 Å². The number of fused-ring (bicyclic) bond motifs is 1. The van der Waals surface area contributed by atoms with Crippen molar-refractivity contribution in [3.8, 4) is 0 Å². The van der Waals surface area contributed by atoms with Crippen molar-refractivity contribution in [2.24, 2.45) is 0 Å². The molecule has 1 aliphatic heterocycles. The zero-order chi connectivity index (χ0) is 19.7. The molecule has 1 saturated heterocycles. The smallest absolute Gasteiger partial charge is 0.335 e. The summed E-state index contributed by atoms with van der Waals surface area (Å²) in [5.41, 5.74) is 1.20. The number of amides is 1. The van der Waals surface area contributed by atoms with Gasteiger partial charge in [0.25, 0.3) is 5.91 Å².